The number of fused-ring (bicyclic) bond motifs is 3. The van der Waals surface area contributed by atoms with Crippen molar-refractivity contribution in [3.8, 4) is 16.9 Å². The second kappa shape index (κ2) is 8.73. The Bertz CT molecular complexity index is 1320. The van der Waals surface area contributed by atoms with E-state index in [9.17, 15) is 13.6 Å². The van der Waals surface area contributed by atoms with E-state index in [2.05, 4.69) is 10.1 Å². The van der Waals surface area contributed by atoms with E-state index in [4.69, 9.17) is 17.3 Å². The number of alkyl halides is 2. The number of nitrogens with two attached hydrogens (primary N) is 1. The number of nitrogens with one attached hydrogen (secondary N) is 1. The van der Waals surface area contributed by atoms with Gasteiger partial charge in [0.25, 0.3) is 0 Å². The van der Waals surface area contributed by atoms with Crippen LogP contribution >= 0.6 is 11.6 Å². The lowest BCUT2D eigenvalue weighted by molar-refractivity contribution is -0.0521. The van der Waals surface area contributed by atoms with Crippen LogP contribution in [0.25, 0.3) is 11.1 Å². The Balaban J connectivity index is 1.80. The first-order chi connectivity index (χ1) is 16.7. The number of halogens is 5. The molecule has 10 heteroatoms. The minimum absolute atomic E-state index is 0.0996. The fraction of sp³-hybridized carbons (Fsp3) is 0.240. The molecule has 2 aliphatic rings. The van der Waals surface area contributed by atoms with Gasteiger partial charge in [0.15, 0.2) is 11.6 Å². The van der Waals surface area contributed by atoms with Crippen LogP contribution in [0, 0.1) is 11.6 Å². The maximum atomic E-state index is 15.6. The Hall–Kier alpha value is -3.30. The number of carbonyl (C=O) groups is 1. The van der Waals surface area contributed by atoms with Gasteiger partial charge < -0.3 is 20.7 Å². The number of anilines is 1. The third-order valence-corrected chi connectivity index (χ3v) is 7.03. The standard InChI is InChI=1S/C25H20ClF4N3O2/c26-21-16(27)10-17-15(11-25(12-32-8-9-33(17)25)13-4-2-1-3-5-13)19(21)20-14(23(31)34)6-7-18(22(20)28)35-24(29)30/h1-7,10,24,32H,8-9,11-12H2,(H2,31,34). The second-order valence-corrected chi connectivity index (χ2v) is 8.87. The molecule has 3 aromatic rings. The van der Waals surface area contributed by atoms with Gasteiger partial charge in [0.1, 0.15) is 5.82 Å². The largest absolute Gasteiger partial charge is 0.432 e. The Morgan fingerprint density at radius 2 is 1.89 bits per heavy atom. The molecule has 1 unspecified atom stereocenters. The quantitative estimate of drug-likeness (QED) is 0.487. The number of primary amides is 1. The number of amides is 1. The minimum Gasteiger partial charge on any atom is -0.432 e. The van der Waals surface area contributed by atoms with Crippen molar-refractivity contribution in [1.82, 2.24) is 5.32 Å². The summed E-state index contributed by atoms with van der Waals surface area (Å²) in [5.74, 6) is -3.93. The van der Waals surface area contributed by atoms with Crippen molar-refractivity contribution < 1.29 is 27.1 Å². The number of hydrogen-bond acceptors (Lipinski definition) is 4. The van der Waals surface area contributed by atoms with Crippen molar-refractivity contribution in [3.63, 3.8) is 0 Å². The van der Waals surface area contributed by atoms with Crippen LogP contribution in [-0.4, -0.2) is 32.2 Å². The number of piperazine rings is 1. The Morgan fingerprint density at radius 1 is 1.14 bits per heavy atom. The molecule has 0 spiro atoms. The highest BCUT2D eigenvalue weighted by molar-refractivity contribution is 6.34. The van der Waals surface area contributed by atoms with Gasteiger partial charge in [-0.15, -0.1) is 0 Å². The topological polar surface area (TPSA) is 67.6 Å². The highest BCUT2D eigenvalue weighted by Gasteiger charge is 2.48. The van der Waals surface area contributed by atoms with E-state index in [-0.39, 0.29) is 11.1 Å². The molecule has 35 heavy (non-hydrogen) atoms. The highest BCUT2D eigenvalue weighted by atomic mass is 35.5. The monoisotopic (exact) mass is 505 g/mol. The zero-order chi connectivity index (χ0) is 24.9. The van der Waals surface area contributed by atoms with E-state index in [0.29, 0.717) is 37.3 Å². The Kier molecular flexibility index (Phi) is 5.85. The van der Waals surface area contributed by atoms with Gasteiger partial charge >= 0.3 is 6.61 Å². The predicted molar refractivity (Wildman–Crippen MR) is 124 cm³/mol. The lowest BCUT2D eigenvalue weighted by Crippen LogP contribution is -2.57. The molecule has 1 fully saturated rings. The fourth-order valence-electron chi connectivity index (χ4n) is 5.23. The SMILES string of the molecule is NC(=O)c1ccc(OC(F)F)c(F)c1-c1c(Cl)c(F)cc2c1CC1(c3ccccc3)CNCCN21. The summed E-state index contributed by atoms with van der Waals surface area (Å²) in [5, 5.41) is 2.94. The van der Waals surface area contributed by atoms with E-state index in [1.165, 1.54) is 6.07 Å². The molecule has 182 valence electrons. The molecule has 0 saturated carbocycles. The van der Waals surface area contributed by atoms with Crippen LogP contribution in [0.5, 0.6) is 5.75 Å². The average Bonchev–Trinajstić information content (AvgIpc) is 3.17. The first kappa shape index (κ1) is 23.4. The molecule has 0 aromatic heterocycles. The van der Waals surface area contributed by atoms with Crippen LogP contribution in [0.1, 0.15) is 21.5 Å². The third-order valence-electron chi connectivity index (χ3n) is 6.66. The van der Waals surface area contributed by atoms with Crippen molar-refractivity contribution in [3.05, 3.63) is 81.9 Å². The first-order valence-corrected chi connectivity index (χ1v) is 11.2. The maximum absolute atomic E-state index is 15.6. The Labute approximate surface area is 203 Å². The number of nitrogens with zero attached hydrogens (tertiary/aromatic N) is 1. The van der Waals surface area contributed by atoms with Crippen LogP contribution in [0.15, 0.2) is 48.5 Å². The number of rotatable bonds is 5. The molecule has 0 bridgehead atoms. The lowest BCUT2D eigenvalue weighted by Gasteiger charge is -2.45. The van der Waals surface area contributed by atoms with Gasteiger partial charge in [-0.25, -0.2) is 8.78 Å². The van der Waals surface area contributed by atoms with Gasteiger partial charge in [-0.1, -0.05) is 41.9 Å². The molecule has 5 rings (SSSR count). The summed E-state index contributed by atoms with van der Waals surface area (Å²) in [6.45, 7) is -1.63. The van der Waals surface area contributed by atoms with Crippen molar-refractivity contribution in [2.75, 3.05) is 24.5 Å². The van der Waals surface area contributed by atoms with Crippen molar-refractivity contribution in [2.45, 2.75) is 18.6 Å². The smallest absolute Gasteiger partial charge is 0.387 e. The summed E-state index contributed by atoms with van der Waals surface area (Å²) in [5.41, 5.74) is 5.90. The van der Waals surface area contributed by atoms with Crippen LogP contribution in [0.3, 0.4) is 0 Å². The molecule has 0 radical (unpaired) electrons. The average molecular weight is 506 g/mol. The normalized spacial score (nSPS) is 19.0. The van der Waals surface area contributed by atoms with Crippen molar-refractivity contribution >= 4 is 23.2 Å². The van der Waals surface area contributed by atoms with Gasteiger partial charge in [0.05, 0.1) is 16.1 Å². The minimum atomic E-state index is -3.31. The first-order valence-electron chi connectivity index (χ1n) is 10.9. The van der Waals surface area contributed by atoms with Crippen molar-refractivity contribution in [2.24, 2.45) is 5.73 Å². The van der Waals surface area contributed by atoms with Crippen LogP contribution < -0.4 is 20.7 Å². The van der Waals surface area contributed by atoms with E-state index in [0.717, 1.165) is 17.7 Å². The summed E-state index contributed by atoms with van der Waals surface area (Å²) in [6, 6.07) is 12.8. The van der Waals surface area contributed by atoms with Crippen LogP contribution in [-0.2, 0) is 12.0 Å². The summed E-state index contributed by atoms with van der Waals surface area (Å²) >= 11 is 6.39. The molecule has 3 aromatic carbocycles. The molecular formula is C25H20ClF4N3O2. The van der Waals surface area contributed by atoms with E-state index in [1.807, 2.05) is 35.2 Å². The molecular weight excluding hydrogens is 486 g/mol. The second-order valence-electron chi connectivity index (χ2n) is 8.49. The van der Waals surface area contributed by atoms with Gasteiger partial charge in [-0.05, 0) is 29.3 Å². The van der Waals surface area contributed by atoms with Crippen LogP contribution in [0.2, 0.25) is 5.02 Å². The number of carbonyl (C=O) groups excluding carboxylic acids is 1. The zero-order valence-electron chi connectivity index (χ0n) is 18.3. The highest BCUT2D eigenvalue weighted by Crippen LogP contribution is 2.52. The molecule has 2 heterocycles. The fourth-order valence-corrected chi connectivity index (χ4v) is 5.49. The molecule has 5 nitrogen and oxygen atoms in total. The van der Waals surface area contributed by atoms with E-state index < -0.39 is 46.0 Å². The van der Waals surface area contributed by atoms with Gasteiger partial charge in [-0.2, -0.15) is 8.78 Å². The summed E-state index contributed by atoms with van der Waals surface area (Å²) in [6.07, 6.45) is 0.298. The Morgan fingerprint density at radius 3 is 2.57 bits per heavy atom. The number of ether oxygens (including phenoxy) is 1. The summed E-state index contributed by atoms with van der Waals surface area (Å²) in [4.78, 5) is 14.3. The van der Waals surface area contributed by atoms with Crippen LogP contribution in [0.4, 0.5) is 23.2 Å². The molecule has 0 aliphatic carbocycles. The molecule has 1 amide bonds. The molecule has 1 atom stereocenters. The zero-order valence-corrected chi connectivity index (χ0v) is 19.0. The van der Waals surface area contributed by atoms with Gasteiger partial charge in [0.2, 0.25) is 5.91 Å². The predicted octanol–water partition coefficient (Wildman–Crippen LogP) is 4.85. The number of benzene rings is 3. The van der Waals surface area contributed by atoms with Gasteiger partial charge in [-0.3, -0.25) is 4.79 Å². The summed E-state index contributed by atoms with van der Waals surface area (Å²) in [7, 11) is 0. The molecule has 1 saturated heterocycles. The van der Waals surface area contributed by atoms with Crippen molar-refractivity contribution in [1.29, 1.82) is 0 Å². The van der Waals surface area contributed by atoms with E-state index in [1.54, 1.807) is 0 Å². The van der Waals surface area contributed by atoms with E-state index >= 15 is 8.78 Å². The number of hydrogen-bond donors (Lipinski definition) is 2. The molecule has 3 N–H and O–H groups in total. The third kappa shape index (κ3) is 3.70. The lowest BCUT2D eigenvalue weighted by atomic mass is 9.83. The summed E-state index contributed by atoms with van der Waals surface area (Å²) < 4.78 is 61.0. The van der Waals surface area contributed by atoms with Gasteiger partial charge in [0, 0.05) is 42.9 Å². The maximum Gasteiger partial charge on any atom is 0.387 e. The molecule has 2 aliphatic heterocycles.